The molecule has 0 N–H and O–H groups in total. The molecule has 3 heteroatoms. The monoisotopic (exact) mass is 424 g/mol. The Balaban J connectivity index is 1.73. The third kappa shape index (κ3) is 10.8. The zero-order chi connectivity index (χ0) is 22.0. The summed E-state index contributed by atoms with van der Waals surface area (Å²) in [5.74, 6) is 0.918. The van der Waals surface area contributed by atoms with Gasteiger partial charge in [0.1, 0.15) is 5.75 Å². The molecule has 1 heterocycles. The summed E-state index contributed by atoms with van der Waals surface area (Å²) in [6.45, 7) is 5.30. The molecule has 0 fully saturated rings. The number of para-hydroxylation sites is 1. The number of hydrogen-bond donors (Lipinski definition) is 0. The predicted molar refractivity (Wildman–Crippen MR) is 133 cm³/mol. The summed E-state index contributed by atoms with van der Waals surface area (Å²) in [6, 6.07) is 12.4. The van der Waals surface area contributed by atoms with Gasteiger partial charge in [0.05, 0.1) is 18.0 Å². The standard InChI is InChI=1S/C28H44N2O/c1-3-5-7-9-11-12-13-15-19-25-22-23-27(30-29-25)26-20-16-17-21-28(26)31-24-18-14-10-8-6-4-2/h16-17,20-23H,3-15,18-19,24H2,1-2H3. The van der Waals surface area contributed by atoms with Gasteiger partial charge in [-0.3, -0.25) is 0 Å². The van der Waals surface area contributed by atoms with Gasteiger partial charge in [-0.15, -0.1) is 0 Å². The molecule has 0 aliphatic heterocycles. The molecule has 172 valence electrons. The Hall–Kier alpha value is -1.90. The molecule has 0 unspecified atom stereocenters. The largest absolute Gasteiger partial charge is 0.493 e. The summed E-state index contributed by atoms with van der Waals surface area (Å²) in [7, 11) is 0. The predicted octanol–water partition coefficient (Wildman–Crippen LogP) is 8.57. The van der Waals surface area contributed by atoms with Crippen molar-refractivity contribution in [3.8, 4) is 17.0 Å². The molecule has 0 bridgehead atoms. The maximum absolute atomic E-state index is 6.09. The van der Waals surface area contributed by atoms with Crippen LogP contribution >= 0.6 is 0 Å². The van der Waals surface area contributed by atoms with E-state index in [1.165, 1.54) is 83.5 Å². The second kappa shape index (κ2) is 16.8. The van der Waals surface area contributed by atoms with Gasteiger partial charge < -0.3 is 4.74 Å². The highest BCUT2D eigenvalue weighted by Gasteiger charge is 2.08. The number of benzene rings is 1. The molecule has 2 rings (SSSR count). The average molecular weight is 425 g/mol. The van der Waals surface area contributed by atoms with Gasteiger partial charge in [0.15, 0.2) is 0 Å². The van der Waals surface area contributed by atoms with Crippen molar-refractivity contribution in [1.29, 1.82) is 0 Å². The van der Waals surface area contributed by atoms with E-state index in [0.717, 1.165) is 42.1 Å². The summed E-state index contributed by atoms with van der Waals surface area (Å²) < 4.78 is 6.09. The van der Waals surface area contributed by atoms with Gasteiger partial charge >= 0.3 is 0 Å². The van der Waals surface area contributed by atoms with Crippen molar-refractivity contribution in [2.75, 3.05) is 6.61 Å². The summed E-state index contributed by atoms with van der Waals surface area (Å²) in [5.41, 5.74) is 3.04. The lowest BCUT2D eigenvalue weighted by Crippen LogP contribution is -2.00. The highest BCUT2D eigenvalue weighted by atomic mass is 16.5. The maximum Gasteiger partial charge on any atom is 0.128 e. The smallest absolute Gasteiger partial charge is 0.128 e. The highest BCUT2D eigenvalue weighted by molar-refractivity contribution is 5.66. The van der Waals surface area contributed by atoms with Crippen molar-refractivity contribution in [2.24, 2.45) is 0 Å². The van der Waals surface area contributed by atoms with E-state index in [0.29, 0.717) is 0 Å². The van der Waals surface area contributed by atoms with Crippen LogP contribution in [0.3, 0.4) is 0 Å². The number of aromatic nitrogens is 2. The van der Waals surface area contributed by atoms with E-state index in [1.807, 2.05) is 18.2 Å². The van der Waals surface area contributed by atoms with Gasteiger partial charge in [-0.05, 0) is 43.5 Å². The van der Waals surface area contributed by atoms with Gasteiger partial charge in [0, 0.05) is 5.56 Å². The Morgan fingerprint density at radius 2 is 1.23 bits per heavy atom. The molecule has 1 aromatic carbocycles. The van der Waals surface area contributed by atoms with Gasteiger partial charge in [-0.1, -0.05) is 103 Å². The van der Waals surface area contributed by atoms with Gasteiger partial charge in [-0.2, -0.15) is 10.2 Å². The lowest BCUT2D eigenvalue weighted by atomic mass is 10.1. The molecular formula is C28H44N2O. The molecular weight excluding hydrogens is 380 g/mol. The molecule has 0 atom stereocenters. The van der Waals surface area contributed by atoms with Crippen molar-refractivity contribution in [3.63, 3.8) is 0 Å². The molecule has 0 saturated carbocycles. The highest BCUT2D eigenvalue weighted by Crippen LogP contribution is 2.28. The summed E-state index contributed by atoms with van der Waals surface area (Å²) in [4.78, 5) is 0. The molecule has 0 aliphatic rings. The molecule has 0 saturated heterocycles. The Morgan fingerprint density at radius 3 is 1.87 bits per heavy atom. The number of hydrogen-bond acceptors (Lipinski definition) is 3. The van der Waals surface area contributed by atoms with E-state index in [9.17, 15) is 0 Å². The number of nitrogens with zero attached hydrogens (tertiary/aromatic N) is 2. The van der Waals surface area contributed by atoms with Crippen LogP contribution in [0.5, 0.6) is 5.75 Å². The Bertz CT molecular complexity index is 684. The minimum Gasteiger partial charge on any atom is -0.493 e. The lowest BCUT2D eigenvalue weighted by Gasteiger charge is -2.11. The van der Waals surface area contributed by atoms with Crippen LogP contribution in [0.4, 0.5) is 0 Å². The number of rotatable bonds is 18. The number of ether oxygens (including phenoxy) is 1. The van der Waals surface area contributed by atoms with Crippen LogP contribution in [0.15, 0.2) is 36.4 Å². The van der Waals surface area contributed by atoms with E-state index >= 15 is 0 Å². The Morgan fingerprint density at radius 1 is 0.613 bits per heavy atom. The molecule has 1 aromatic heterocycles. The van der Waals surface area contributed by atoms with E-state index in [1.54, 1.807) is 0 Å². The second-order valence-electron chi connectivity index (χ2n) is 8.75. The first-order chi connectivity index (χ1) is 15.3. The third-order valence-corrected chi connectivity index (χ3v) is 5.92. The van der Waals surface area contributed by atoms with E-state index < -0.39 is 0 Å². The zero-order valence-corrected chi connectivity index (χ0v) is 20.1. The van der Waals surface area contributed by atoms with Gasteiger partial charge in [0.25, 0.3) is 0 Å². The Labute approximate surface area is 191 Å². The van der Waals surface area contributed by atoms with E-state index in [-0.39, 0.29) is 0 Å². The lowest BCUT2D eigenvalue weighted by molar-refractivity contribution is 0.305. The van der Waals surface area contributed by atoms with E-state index in [4.69, 9.17) is 4.74 Å². The van der Waals surface area contributed by atoms with Crippen LogP contribution in [0.1, 0.15) is 109 Å². The van der Waals surface area contributed by atoms with Gasteiger partial charge in [-0.25, -0.2) is 0 Å². The van der Waals surface area contributed by atoms with Crippen LogP contribution in [0, 0.1) is 0 Å². The van der Waals surface area contributed by atoms with Crippen molar-refractivity contribution in [3.05, 3.63) is 42.1 Å². The number of aryl methyl sites for hydroxylation is 1. The molecule has 2 aromatic rings. The SMILES string of the molecule is CCCCCCCCCCc1ccc(-c2ccccc2OCCCCCCCC)nn1. The Kier molecular flexibility index (Phi) is 13.7. The minimum atomic E-state index is 0.771. The summed E-state index contributed by atoms with van der Waals surface area (Å²) >= 11 is 0. The number of unbranched alkanes of at least 4 members (excludes halogenated alkanes) is 12. The fraction of sp³-hybridized carbons (Fsp3) is 0.643. The van der Waals surface area contributed by atoms with Crippen LogP contribution < -0.4 is 4.74 Å². The average Bonchev–Trinajstić information content (AvgIpc) is 2.81. The first-order valence-electron chi connectivity index (χ1n) is 12.9. The fourth-order valence-corrected chi connectivity index (χ4v) is 3.95. The topological polar surface area (TPSA) is 35.0 Å². The maximum atomic E-state index is 6.09. The molecule has 3 nitrogen and oxygen atoms in total. The second-order valence-corrected chi connectivity index (χ2v) is 8.75. The zero-order valence-electron chi connectivity index (χ0n) is 20.1. The van der Waals surface area contributed by atoms with E-state index in [2.05, 4.69) is 42.2 Å². The first-order valence-corrected chi connectivity index (χ1v) is 12.9. The van der Waals surface area contributed by atoms with Crippen LogP contribution in [0.2, 0.25) is 0 Å². The van der Waals surface area contributed by atoms with Crippen LogP contribution in [0.25, 0.3) is 11.3 Å². The van der Waals surface area contributed by atoms with Crippen LogP contribution in [-0.2, 0) is 6.42 Å². The summed E-state index contributed by atoms with van der Waals surface area (Å²) in [6.07, 6.45) is 19.4. The van der Waals surface area contributed by atoms with Crippen LogP contribution in [-0.4, -0.2) is 16.8 Å². The molecule has 0 radical (unpaired) electrons. The van der Waals surface area contributed by atoms with Crippen molar-refractivity contribution in [2.45, 2.75) is 110 Å². The van der Waals surface area contributed by atoms with Crippen molar-refractivity contribution >= 4 is 0 Å². The molecule has 31 heavy (non-hydrogen) atoms. The first kappa shape index (κ1) is 25.4. The molecule has 0 aliphatic carbocycles. The summed E-state index contributed by atoms with van der Waals surface area (Å²) in [5, 5.41) is 8.99. The third-order valence-electron chi connectivity index (χ3n) is 5.92. The fourth-order valence-electron chi connectivity index (χ4n) is 3.95. The molecule has 0 amide bonds. The quantitative estimate of drug-likeness (QED) is 0.225. The normalized spacial score (nSPS) is 11.0. The van der Waals surface area contributed by atoms with Gasteiger partial charge in [0.2, 0.25) is 0 Å². The van der Waals surface area contributed by atoms with Crippen molar-refractivity contribution < 1.29 is 4.74 Å². The van der Waals surface area contributed by atoms with Crippen molar-refractivity contribution in [1.82, 2.24) is 10.2 Å². The molecule has 0 spiro atoms. The minimum absolute atomic E-state index is 0.771.